The van der Waals surface area contributed by atoms with Crippen molar-refractivity contribution in [1.82, 2.24) is 5.32 Å². The number of amides is 1. The zero-order valence-corrected chi connectivity index (χ0v) is 11.3. The Bertz CT molecular complexity index is 193. The first kappa shape index (κ1) is 16.6. The molecule has 0 saturated carbocycles. The van der Waals surface area contributed by atoms with Crippen LogP contribution >= 0.6 is 0 Å². The number of carbonyl (C=O) groups is 1. The van der Waals surface area contributed by atoms with Crippen molar-refractivity contribution >= 4 is 5.91 Å². The van der Waals surface area contributed by atoms with Gasteiger partial charge < -0.3 is 5.32 Å². The first-order valence-corrected chi connectivity index (χ1v) is 5.82. The van der Waals surface area contributed by atoms with Crippen LogP contribution in [0, 0.1) is 5.92 Å². The number of hydrogen-bond donors (Lipinski definition) is 1. The summed E-state index contributed by atoms with van der Waals surface area (Å²) >= 11 is 0. The molecule has 0 aromatic rings. The van der Waals surface area contributed by atoms with Gasteiger partial charge in [-0.25, -0.2) is 0 Å². The minimum absolute atomic E-state index is 0.123. The van der Waals surface area contributed by atoms with Crippen LogP contribution in [0.3, 0.4) is 0 Å². The van der Waals surface area contributed by atoms with Gasteiger partial charge in [-0.15, -0.1) is 0 Å². The fourth-order valence-corrected chi connectivity index (χ4v) is 1.24. The zero-order valence-electron chi connectivity index (χ0n) is 11.3. The van der Waals surface area contributed by atoms with E-state index in [0.29, 0.717) is 12.3 Å². The zero-order chi connectivity index (χ0) is 12.5. The van der Waals surface area contributed by atoms with E-state index in [4.69, 9.17) is 0 Å². The summed E-state index contributed by atoms with van der Waals surface area (Å²) in [5, 5.41) is 2.96. The van der Waals surface area contributed by atoms with Gasteiger partial charge in [0.2, 0.25) is 5.91 Å². The van der Waals surface area contributed by atoms with Gasteiger partial charge in [-0.05, 0) is 26.7 Å². The van der Waals surface area contributed by atoms with E-state index in [0.717, 1.165) is 0 Å². The Morgan fingerprint density at radius 3 is 2.13 bits per heavy atom. The smallest absolute Gasteiger partial charge is 0.220 e. The van der Waals surface area contributed by atoms with Crippen LogP contribution in [0.5, 0.6) is 0 Å². The van der Waals surface area contributed by atoms with Crippen LogP contribution in [0.4, 0.5) is 0 Å². The van der Waals surface area contributed by atoms with E-state index in [2.05, 4.69) is 5.32 Å². The van der Waals surface area contributed by atoms with Crippen molar-refractivity contribution in [3.8, 4) is 0 Å². The van der Waals surface area contributed by atoms with Crippen LogP contribution in [-0.4, -0.2) is 11.4 Å². The summed E-state index contributed by atoms with van der Waals surface area (Å²) in [6.45, 7) is 14.0. The van der Waals surface area contributed by atoms with Crippen molar-refractivity contribution in [1.29, 1.82) is 0 Å². The number of allylic oxidation sites excluding steroid dienone is 1. The van der Waals surface area contributed by atoms with E-state index < -0.39 is 0 Å². The molecule has 0 fully saturated rings. The first-order valence-electron chi connectivity index (χ1n) is 5.82. The van der Waals surface area contributed by atoms with E-state index in [-0.39, 0.29) is 11.4 Å². The fraction of sp³-hybridized carbons (Fsp3) is 0.769. The Labute approximate surface area is 95.1 Å². The van der Waals surface area contributed by atoms with E-state index in [1.807, 2.05) is 60.6 Å². The maximum Gasteiger partial charge on any atom is 0.220 e. The largest absolute Gasteiger partial charge is 0.348 e. The Morgan fingerprint density at radius 1 is 1.33 bits per heavy atom. The van der Waals surface area contributed by atoms with Crippen LogP contribution in [0.2, 0.25) is 0 Å². The van der Waals surface area contributed by atoms with Crippen molar-refractivity contribution in [2.45, 2.75) is 60.4 Å². The van der Waals surface area contributed by atoms with Crippen molar-refractivity contribution in [2.75, 3.05) is 0 Å². The molecule has 0 aromatic heterocycles. The van der Waals surface area contributed by atoms with Gasteiger partial charge in [0, 0.05) is 6.42 Å². The highest BCUT2D eigenvalue weighted by molar-refractivity contribution is 5.77. The standard InChI is InChI=1S/C11H21NO.C2H6/c1-6-7-11(4,5)12-10(13)8-9(2)3;1-2/h6-7,9H,8H2,1-5H3,(H,12,13);1-2H3/b7-6+;. The molecule has 0 aliphatic heterocycles. The van der Waals surface area contributed by atoms with Crippen LogP contribution in [0.1, 0.15) is 54.9 Å². The minimum atomic E-state index is -0.222. The molecule has 1 N–H and O–H groups in total. The van der Waals surface area contributed by atoms with Gasteiger partial charge in [-0.1, -0.05) is 39.8 Å². The molecular weight excluding hydrogens is 186 g/mol. The Kier molecular flexibility index (Phi) is 9.44. The molecule has 0 radical (unpaired) electrons. The molecule has 90 valence electrons. The lowest BCUT2D eigenvalue weighted by atomic mass is 10.0. The number of carbonyl (C=O) groups excluding carboxylic acids is 1. The maximum atomic E-state index is 11.4. The predicted molar refractivity (Wildman–Crippen MR) is 67.8 cm³/mol. The summed E-state index contributed by atoms with van der Waals surface area (Å²) in [4.78, 5) is 11.4. The second kappa shape index (κ2) is 8.51. The topological polar surface area (TPSA) is 29.1 Å². The van der Waals surface area contributed by atoms with Crippen LogP contribution < -0.4 is 5.32 Å². The van der Waals surface area contributed by atoms with Gasteiger partial charge >= 0.3 is 0 Å². The van der Waals surface area contributed by atoms with Gasteiger partial charge in [0.05, 0.1) is 5.54 Å². The van der Waals surface area contributed by atoms with Gasteiger partial charge in [0.15, 0.2) is 0 Å². The Balaban J connectivity index is 0. The lowest BCUT2D eigenvalue weighted by Gasteiger charge is -2.22. The lowest BCUT2D eigenvalue weighted by Crippen LogP contribution is -2.42. The van der Waals surface area contributed by atoms with Crippen LogP contribution in [0.25, 0.3) is 0 Å². The molecule has 0 rings (SSSR count). The minimum Gasteiger partial charge on any atom is -0.348 e. The van der Waals surface area contributed by atoms with Crippen molar-refractivity contribution < 1.29 is 4.79 Å². The highest BCUT2D eigenvalue weighted by Crippen LogP contribution is 2.06. The second-order valence-corrected chi connectivity index (χ2v) is 4.37. The van der Waals surface area contributed by atoms with Gasteiger partial charge in [0.1, 0.15) is 0 Å². The van der Waals surface area contributed by atoms with Crippen molar-refractivity contribution in [3.63, 3.8) is 0 Å². The molecular formula is C13H27NO. The van der Waals surface area contributed by atoms with Crippen LogP contribution in [0.15, 0.2) is 12.2 Å². The molecule has 15 heavy (non-hydrogen) atoms. The van der Waals surface area contributed by atoms with E-state index >= 15 is 0 Å². The molecule has 1 amide bonds. The third kappa shape index (κ3) is 11.1. The highest BCUT2D eigenvalue weighted by atomic mass is 16.1. The summed E-state index contributed by atoms with van der Waals surface area (Å²) in [6, 6.07) is 0. The van der Waals surface area contributed by atoms with E-state index in [1.54, 1.807) is 0 Å². The lowest BCUT2D eigenvalue weighted by molar-refractivity contribution is -0.122. The van der Waals surface area contributed by atoms with Gasteiger partial charge in [0.25, 0.3) is 0 Å². The molecule has 0 aromatic carbocycles. The average Bonchev–Trinajstić information content (AvgIpc) is 2.04. The predicted octanol–water partition coefficient (Wildman–Crippen LogP) is 3.53. The molecule has 2 heteroatoms. The van der Waals surface area contributed by atoms with Crippen LogP contribution in [-0.2, 0) is 4.79 Å². The molecule has 0 aliphatic rings. The summed E-state index contributed by atoms with van der Waals surface area (Å²) in [7, 11) is 0. The molecule has 0 aliphatic carbocycles. The Morgan fingerprint density at radius 2 is 1.80 bits per heavy atom. The fourth-order valence-electron chi connectivity index (χ4n) is 1.24. The van der Waals surface area contributed by atoms with Gasteiger partial charge in [-0.2, -0.15) is 0 Å². The number of hydrogen-bond acceptors (Lipinski definition) is 1. The van der Waals surface area contributed by atoms with Crippen molar-refractivity contribution in [2.24, 2.45) is 5.92 Å². The first-order chi connectivity index (χ1) is 6.87. The molecule has 0 unspecified atom stereocenters. The van der Waals surface area contributed by atoms with E-state index in [9.17, 15) is 4.79 Å². The molecule has 0 heterocycles. The summed E-state index contributed by atoms with van der Waals surface area (Å²) < 4.78 is 0. The Hall–Kier alpha value is -0.790. The highest BCUT2D eigenvalue weighted by Gasteiger charge is 2.16. The third-order valence-corrected chi connectivity index (χ3v) is 1.64. The number of rotatable bonds is 4. The summed E-state index contributed by atoms with van der Waals surface area (Å²) in [6.07, 6.45) is 4.54. The molecule has 0 spiro atoms. The normalized spacial score (nSPS) is 11.2. The molecule has 0 atom stereocenters. The monoisotopic (exact) mass is 213 g/mol. The van der Waals surface area contributed by atoms with Crippen molar-refractivity contribution in [3.05, 3.63) is 12.2 Å². The molecule has 2 nitrogen and oxygen atoms in total. The van der Waals surface area contributed by atoms with E-state index in [1.165, 1.54) is 0 Å². The number of nitrogens with one attached hydrogen (secondary N) is 1. The average molecular weight is 213 g/mol. The maximum absolute atomic E-state index is 11.4. The summed E-state index contributed by atoms with van der Waals surface area (Å²) in [5.74, 6) is 0.541. The molecule has 0 bridgehead atoms. The SMILES string of the molecule is C/C=C/C(C)(C)NC(=O)CC(C)C.CC. The third-order valence-electron chi connectivity index (χ3n) is 1.64. The summed E-state index contributed by atoms with van der Waals surface area (Å²) in [5.41, 5.74) is -0.222. The quantitative estimate of drug-likeness (QED) is 0.711. The molecule has 0 saturated heterocycles. The van der Waals surface area contributed by atoms with Gasteiger partial charge in [-0.3, -0.25) is 4.79 Å². The second-order valence-electron chi connectivity index (χ2n) is 4.37.